The van der Waals surface area contributed by atoms with Crippen molar-refractivity contribution in [1.82, 2.24) is 4.57 Å². The molecule has 0 amide bonds. The lowest BCUT2D eigenvalue weighted by atomic mass is 10.4. The Labute approximate surface area is 104 Å². The van der Waals surface area contributed by atoms with Crippen molar-refractivity contribution < 1.29 is 17.9 Å². The fourth-order valence-electron chi connectivity index (χ4n) is 1.21. The molecule has 17 heavy (non-hydrogen) atoms. The molecule has 0 aliphatic rings. The van der Waals surface area contributed by atoms with Gasteiger partial charge in [-0.05, 0) is 34.5 Å². The molecule has 0 fully saturated rings. The van der Waals surface area contributed by atoms with Crippen LogP contribution >= 0.6 is 15.9 Å². The molecule has 0 unspecified atom stereocenters. The molecule has 1 rings (SSSR count). The van der Waals surface area contributed by atoms with E-state index in [0.29, 0.717) is 17.4 Å². The van der Waals surface area contributed by atoms with Gasteiger partial charge in [0.25, 0.3) is 5.56 Å². The van der Waals surface area contributed by atoms with Crippen molar-refractivity contribution in [3.8, 4) is 0 Å². The number of nitrogens with zero attached hydrogens (tertiary/aromatic N) is 1. The molecule has 7 heteroatoms. The van der Waals surface area contributed by atoms with Crippen LogP contribution in [0.4, 0.5) is 13.2 Å². The van der Waals surface area contributed by atoms with Crippen molar-refractivity contribution in [3.05, 3.63) is 33.2 Å². The summed E-state index contributed by atoms with van der Waals surface area (Å²) in [5.74, 6) is 0. The van der Waals surface area contributed by atoms with Gasteiger partial charge in [-0.1, -0.05) is 0 Å². The van der Waals surface area contributed by atoms with E-state index >= 15 is 0 Å². The van der Waals surface area contributed by atoms with Gasteiger partial charge in [0, 0.05) is 19.3 Å². The second kappa shape index (κ2) is 6.20. The number of pyridine rings is 1. The zero-order valence-electron chi connectivity index (χ0n) is 8.84. The number of aromatic nitrogens is 1. The number of aryl methyl sites for hydroxylation is 1. The van der Waals surface area contributed by atoms with Crippen molar-refractivity contribution >= 4 is 15.9 Å². The lowest BCUT2D eigenvalue weighted by molar-refractivity contribution is -0.174. The molecule has 0 spiro atoms. The van der Waals surface area contributed by atoms with E-state index in [9.17, 15) is 18.0 Å². The highest BCUT2D eigenvalue weighted by atomic mass is 79.9. The van der Waals surface area contributed by atoms with Gasteiger partial charge in [-0.25, -0.2) is 0 Å². The Hall–Kier alpha value is -0.820. The molecule has 0 saturated heterocycles. The molecule has 0 radical (unpaired) electrons. The predicted molar refractivity (Wildman–Crippen MR) is 59.9 cm³/mol. The Morgan fingerprint density at radius 2 is 2.12 bits per heavy atom. The van der Waals surface area contributed by atoms with Gasteiger partial charge in [0.2, 0.25) is 0 Å². The highest BCUT2D eigenvalue weighted by molar-refractivity contribution is 9.10. The third kappa shape index (κ3) is 5.36. The van der Waals surface area contributed by atoms with E-state index in [0.717, 1.165) is 0 Å². The van der Waals surface area contributed by atoms with Crippen molar-refractivity contribution in [2.24, 2.45) is 0 Å². The smallest absolute Gasteiger partial charge is 0.372 e. The molecule has 0 N–H and O–H groups in total. The normalized spacial score (nSPS) is 11.8. The lowest BCUT2D eigenvalue weighted by Gasteiger charge is -2.08. The zero-order valence-corrected chi connectivity index (χ0v) is 10.4. The summed E-state index contributed by atoms with van der Waals surface area (Å²) in [4.78, 5) is 11.5. The fraction of sp³-hybridized carbons (Fsp3) is 0.500. The summed E-state index contributed by atoms with van der Waals surface area (Å²) in [5.41, 5.74) is -0.205. The number of hydrogen-bond acceptors (Lipinski definition) is 2. The molecule has 0 aliphatic carbocycles. The van der Waals surface area contributed by atoms with E-state index in [1.165, 1.54) is 4.57 Å². The van der Waals surface area contributed by atoms with Gasteiger partial charge in [0.1, 0.15) is 6.61 Å². The van der Waals surface area contributed by atoms with E-state index in [4.69, 9.17) is 0 Å². The minimum absolute atomic E-state index is 0.0293. The van der Waals surface area contributed by atoms with Crippen molar-refractivity contribution in [2.75, 3.05) is 13.2 Å². The quantitative estimate of drug-likeness (QED) is 0.782. The summed E-state index contributed by atoms with van der Waals surface area (Å²) in [5, 5.41) is 0. The maximum absolute atomic E-state index is 11.7. The zero-order chi connectivity index (χ0) is 12.9. The first-order valence-electron chi connectivity index (χ1n) is 4.89. The van der Waals surface area contributed by atoms with Gasteiger partial charge in [-0.15, -0.1) is 0 Å². The number of rotatable bonds is 5. The predicted octanol–water partition coefficient (Wildman–Crippen LogP) is 2.58. The van der Waals surface area contributed by atoms with Crippen LogP contribution in [0.15, 0.2) is 27.6 Å². The van der Waals surface area contributed by atoms with Gasteiger partial charge in [0.15, 0.2) is 0 Å². The molecular weight excluding hydrogens is 303 g/mol. The average Bonchev–Trinajstić information content (AvgIpc) is 2.22. The second-order valence-electron chi connectivity index (χ2n) is 3.38. The van der Waals surface area contributed by atoms with Gasteiger partial charge in [-0.2, -0.15) is 13.2 Å². The van der Waals surface area contributed by atoms with Crippen molar-refractivity contribution in [3.63, 3.8) is 0 Å². The Bertz CT molecular complexity index is 417. The van der Waals surface area contributed by atoms with Crippen LogP contribution in [0.25, 0.3) is 0 Å². The summed E-state index contributed by atoms with van der Waals surface area (Å²) in [6, 6.07) is 3.29. The van der Waals surface area contributed by atoms with Crippen LogP contribution in [0.3, 0.4) is 0 Å². The molecule has 1 aromatic heterocycles. The molecular formula is C10H11BrF3NO2. The number of alkyl halides is 3. The minimum Gasteiger partial charge on any atom is -0.372 e. The summed E-state index contributed by atoms with van der Waals surface area (Å²) in [6.45, 7) is -0.949. The molecule has 0 aromatic carbocycles. The van der Waals surface area contributed by atoms with Crippen LogP contribution in [0.5, 0.6) is 0 Å². The van der Waals surface area contributed by atoms with Gasteiger partial charge in [-0.3, -0.25) is 4.79 Å². The fourth-order valence-corrected chi connectivity index (χ4v) is 1.59. The van der Waals surface area contributed by atoms with Crippen LogP contribution in [0, 0.1) is 0 Å². The number of ether oxygens (including phenoxy) is 1. The van der Waals surface area contributed by atoms with Gasteiger partial charge < -0.3 is 9.30 Å². The molecule has 3 nitrogen and oxygen atoms in total. The third-order valence-electron chi connectivity index (χ3n) is 1.93. The van der Waals surface area contributed by atoms with E-state index in [-0.39, 0.29) is 12.2 Å². The molecule has 96 valence electrons. The second-order valence-corrected chi connectivity index (χ2v) is 4.23. The molecule has 1 heterocycles. The monoisotopic (exact) mass is 313 g/mol. The highest BCUT2D eigenvalue weighted by Gasteiger charge is 2.27. The lowest BCUT2D eigenvalue weighted by Crippen LogP contribution is -2.21. The summed E-state index contributed by atoms with van der Waals surface area (Å²) in [7, 11) is 0. The Kier molecular flexibility index (Phi) is 5.20. The van der Waals surface area contributed by atoms with Crippen molar-refractivity contribution in [2.45, 2.75) is 19.1 Å². The minimum atomic E-state index is -4.30. The molecule has 0 saturated carbocycles. The molecule has 1 aromatic rings. The molecule has 0 bridgehead atoms. The standard InChI is InChI=1S/C10H11BrF3NO2/c11-8-3-1-4-15(9(8)16)5-2-6-17-7-10(12,13)14/h1,3-4H,2,5-7H2. The average molecular weight is 314 g/mol. The van der Waals surface area contributed by atoms with Crippen molar-refractivity contribution in [1.29, 1.82) is 0 Å². The Balaban J connectivity index is 2.32. The van der Waals surface area contributed by atoms with E-state index < -0.39 is 12.8 Å². The molecule has 0 atom stereocenters. The van der Waals surface area contributed by atoms with E-state index in [2.05, 4.69) is 20.7 Å². The van der Waals surface area contributed by atoms with Gasteiger partial charge >= 0.3 is 6.18 Å². The first-order chi connectivity index (χ1) is 7.90. The Morgan fingerprint density at radius 1 is 1.41 bits per heavy atom. The summed E-state index contributed by atoms with van der Waals surface area (Å²) in [6.07, 6.45) is -2.37. The third-order valence-corrected chi connectivity index (χ3v) is 2.53. The topological polar surface area (TPSA) is 31.2 Å². The summed E-state index contributed by atoms with van der Waals surface area (Å²) >= 11 is 3.08. The maximum Gasteiger partial charge on any atom is 0.411 e. The van der Waals surface area contributed by atoms with E-state index in [1.807, 2.05) is 0 Å². The van der Waals surface area contributed by atoms with Crippen LogP contribution in [0.1, 0.15) is 6.42 Å². The SMILES string of the molecule is O=c1c(Br)cccn1CCCOCC(F)(F)F. The first kappa shape index (κ1) is 14.2. The van der Waals surface area contributed by atoms with Crippen LogP contribution in [-0.2, 0) is 11.3 Å². The first-order valence-corrected chi connectivity index (χ1v) is 5.69. The number of hydrogen-bond donors (Lipinski definition) is 0. The van der Waals surface area contributed by atoms with E-state index in [1.54, 1.807) is 18.3 Å². The largest absolute Gasteiger partial charge is 0.411 e. The van der Waals surface area contributed by atoms with Gasteiger partial charge in [0.05, 0.1) is 4.47 Å². The Morgan fingerprint density at radius 3 is 2.76 bits per heavy atom. The highest BCUT2D eigenvalue weighted by Crippen LogP contribution is 2.14. The summed E-state index contributed by atoms with van der Waals surface area (Å²) < 4.78 is 41.5. The van der Waals surface area contributed by atoms with Crippen LogP contribution in [-0.4, -0.2) is 24.0 Å². The molecule has 0 aliphatic heterocycles. The van der Waals surface area contributed by atoms with Crippen LogP contribution in [0.2, 0.25) is 0 Å². The maximum atomic E-state index is 11.7. The van der Waals surface area contributed by atoms with Crippen LogP contribution < -0.4 is 5.56 Å². The number of halogens is 4.